The lowest BCUT2D eigenvalue weighted by molar-refractivity contribution is -0.122. The van der Waals surface area contributed by atoms with Crippen LogP contribution in [-0.2, 0) is 11.2 Å². The van der Waals surface area contributed by atoms with Gasteiger partial charge in [0.15, 0.2) is 0 Å². The largest absolute Gasteiger partial charge is 0.353 e. The highest BCUT2D eigenvalue weighted by molar-refractivity contribution is 5.85. The minimum Gasteiger partial charge on any atom is -0.353 e. The lowest BCUT2D eigenvalue weighted by Gasteiger charge is -2.30. The van der Waals surface area contributed by atoms with Gasteiger partial charge in [0, 0.05) is 24.4 Å². The first-order valence-corrected chi connectivity index (χ1v) is 8.62. The molecule has 2 heterocycles. The Labute approximate surface area is 158 Å². The number of rotatable bonds is 5. The van der Waals surface area contributed by atoms with Gasteiger partial charge < -0.3 is 15.2 Å². The molecular weight excluding hydrogens is 359 g/mol. The van der Waals surface area contributed by atoms with Gasteiger partial charge in [-0.25, -0.2) is 4.39 Å². The van der Waals surface area contributed by atoms with Gasteiger partial charge in [-0.3, -0.25) is 4.79 Å². The Kier molecular flexibility index (Phi) is 7.11. The van der Waals surface area contributed by atoms with Crippen LogP contribution in [0, 0.1) is 18.7 Å². The zero-order valence-corrected chi connectivity index (χ0v) is 15.7. The van der Waals surface area contributed by atoms with Gasteiger partial charge in [0.2, 0.25) is 17.6 Å². The number of piperidine rings is 1. The van der Waals surface area contributed by atoms with Crippen molar-refractivity contribution in [3.05, 3.63) is 35.5 Å². The van der Waals surface area contributed by atoms with Crippen LogP contribution in [0.5, 0.6) is 0 Å². The summed E-state index contributed by atoms with van der Waals surface area (Å²) in [5.41, 5.74) is 1.13. The molecule has 2 N–H and O–H groups in total. The molecule has 2 atom stereocenters. The first-order valence-electron chi connectivity index (χ1n) is 8.62. The molecule has 3 rings (SSSR count). The topological polar surface area (TPSA) is 80.0 Å². The molecule has 2 aromatic rings. The number of nitrogens with one attached hydrogen (secondary N) is 2. The van der Waals surface area contributed by atoms with Crippen LogP contribution in [0.2, 0.25) is 0 Å². The molecule has 2 unspecified atom stereocenters. The van der Waals surface area contributed by atoms with E-state index in [0.717, 1.165) is 19.5 Å². The zero-order valence-electron chi connectivity index (χ0n) is 14.9. The normalized spacial score (nSPS) is 19.7. The number of aryl methyl sites for hydroxylation is 2. The maximum atomic E-state index is 13.6. The quantitative estimate of drug-likeness (QED) is 0.831. The molecule has 1 amide bonds. The van der Waals surface area contributed by atoms with Crippen molar-refractivity contribution in [3.8, 4) is 11.4 Å². The van der Waals surface area contributed by atoms with E-state index in [0.29, 0.717) is 41.6 Å². The molecule has 0 radical (unpaired) electrons. The van der Waals surface area contributed by atoms with Crippen molar-refractivity contribution in [3.63, 3.8) is 0 Å². The second-order valence-corrected chi connectivity index (χ2v) is 6.62. The number of hydrogen-bond acceptors (Lipinski definition) is 5. The van der Waals surface area contributed by atoms with E-state index in [1.807, 2.05) is 0 Å². The molecule has 1 aliphatic rings. The summed E-state index contributed by atoms with van der Waals surface area (Å²) in [6.45, 7) is 5.67. The van der Waals surface area contributed by atoms with Gasteiger partial charge in [-0.2, -0.15) is 4.98 Å². The molecule has 1 aromatic carbocycles. The number of benzene rings is 1. The van der Waals surface area contributed by atoms with Gasteiger partial charge in [0.1, 0.15) is 5.82 Å². The van der Waals surface area contributed by atoms with Crippen LogP contribution in [0.3, 0.4) is 0 Å². The predicted octanol–water partition coefficient (Wildman–Crippen LogP) is 2.65. The van der Waals surface area contributed by atoms with Crippen molar-refractivity contribution < 1.29 is 13.7 Å². The Morgan fingerprint density at radius 2 is 2.27 bits per heavy atom. The fourth-order valence-electron chi connectivity index (χ4n) is 2.93. The lowest BCUT2D eigenvalue weighted by Crippen LogP contribution is -2.48. The van der Waals surface area contributed by atoms with Gasteiger partial charge in [-0.1, -0.05) is 24.2 Å². The van der Waals surface area contributed by atoms with Crippen LogP contribution in [0.4, 0.5) is 4.39 Å². The van der Waals surface area contributed by atoms with E-state index in [-0.39, 0.29) is 30.2 Å². The summed E-state index contributed by atoms with van der Waals surface area (Å²) in [6.07, 6.45) is 1.60. The van der Waals surface area contributed by atoms with E-state index < -0.39 is 0 Å². The van der Waals surface area contributed by atoms with Crippen LogP contribution < -0.4 is 10.6 Å². The number of nitrogens with zero attached hydrogens (tertiary/aromatic N) is 2. The van der Waals surface area contributed by atoms with Crippen LogP contribution in [0.15, 0.2) is 22.7 Å². The molecule has 0 saturated carbocycles. The van der Waals surface area contributed by atoms with Crippen LogP contribution in [-0.4, -0.2) is 35.2 Å². The summed E-state index contributed by atoms with van der Waals surface area (Å²) < 4.78 is 18.8. The van der Waals surface area contributed by atoms with Gasteiger partial charge in [0.05, 0.1) is 0 Å². The first-order chi connectivity index (χ1) is 12.0. The smallest absolute Gasteiger partial charge is 0.227 e. The average molecular weight is 383 g/mol. The third-order valence-corrected chi connectivity index (χ3v) is 4.60. The summed E-state index contributed by atoms with van der Waals surface area (Å²) in [5, 5.41) is 10.3. The van der Waals surface area contributed by atoms with E-state index in [1.54, 1.807) is 19.1 Å². The fourth-order valence-corrected chi connectivity index (χ4v) is 2.93. The Bertz CT molecular complexity index is 753. The third-order valence-electron chi connectivity index (χ3n) is 4.60. The van der Waals surface area contributed by atoms with Crippen molar-refractivity contribution in [1.29, 1.82) is 0 Å². The Morgan fingerprint density at radius 1 is 1.46 bits per heavy atom. The van der Waals surface area contributed by atoms with Crippen molar-refractivity contribution in [2.75, 3.05) is 13.1 Å². The highest BCUT2D eigenvalue weighted by Gasteiger charge is 2.22. The minimum absolute atomic E-state index is 0. The third kappa shape index (κ3) is 5.02. The molecule has 0 bridgehead atoms. The number of aromatic nitrogens is 2. The molecule has 0 spiro atoms. The van der Waals surface area contributed by atoms with Gasteiger partial charge in [-0.05, 0) is 44.0 Å². The van der Waals surface area contributed by atoms with Crippen LogP contribution >= 0.6 is 12.4 Å². The second-order valence-electron chi connectivity index (χ2n) is 6.62. The van der Waals surface area contributed by atoms with Crippen molar-refractivity contribution >= 4 is 18.3 Å². The predicted molar refractivity (Wildman–Crippen MR) is 98.6 cm³/mol. The summed E-state index contributed by atoms with van der Waals surface area (Å²) in [5.74, 6) is 0.814. The van der Waals surface area contributed by atoms with E-state index in [4.69, 9.17) is 4.52 Å². The molecule has 26 heavy (non-hydrogen) atoms. The minimum atomic E-state index is -0.306. The molecule has 1 aromatic heterocycles. The highest BCUT2D eigenvalue weighted by Crippen LogP contribution is 2.19. The number of carbonyl (C=O) groups is 1. The molecule has 8 heteroatoms. The fraction of sp³-hybridized carbons (Fsp3) is 0.500. The Morgan fingerprint density at radius 3 is 3.00 bits per heavy atom. The Hall–Kier alpha value is -1.99. The van der Waals surface area contributed by atoms with Gasteiger partial charge >= 0.3 is 0 Å². The van der Waals surface area contributed by atoms with E-state index in [9.17, 15) is 9.18 Å². The summed E-state index contributed by atoms with van der Waals surface area (Å²) in [7, 11) is 0. The van der Waals surface area contributed by atoms with Crippen molar-refractivity contribution in [1.82, 2.24) is 20.8 Å². The molecule has 6 nitrogen and oxygen atoms in total. The highest BCUT2D eigenvalue weighted by atomic mass is 35.5. The lowest BCUT2D eigenvalue weighted by atomic mass is 9.95. The Balaban J connectivity index is 0.00000243. The summed E-state index contributed by atoms with van der Waals surface area (Å²) in [6, 6.07) is 5.02. The van der Waals surface area contributed by atoms with E-state index in [2.05, 4.69) is 27.7 Å². The molecule has 0 aliphatic carbocycles. The standard InChI is InChI=1S/C18H23FN4O2.ClH/c1-11-3-4-13(9-14(11)19)18-22-17(25-23-18)6-5-16(24)21-15-7-8-20-10-12(15)2;/h3-4,9,12,15,20H,5-8,10H2,1-2H3,(H,21,24);1H. The van der Waals surface area contributed by atoms with Gasteiger partial charge in [0.25, 0.3) is 0 Å². The molecular formula is C18H24ClFN4O2. The first kappa shape index (κ1) is 20.3. The van der Waals surface area contributed by atoms with Crippen molar-refractivity contribution in [2.45, 2.75) is 39.2 Å². The zero-order chi connectivity index (χ0) is 17.8. The number of amides is 1. The number of carbonyl (C=O) groups excluding carboxylic acids is 1. The molecule has 1 fully saturated rings. The molecule has 142 valence electrons. The van der Waals surface area contributed by atoms with Crippen LogP contribution in [0.25, 0.3) is 11.4 Å². The molecule has 1 aliphatic heterocycles. The van der Waals surface area contributed by atoms with Crippen molar-refractivity contribution in [2.24, 2.45) is 5.92 Å². The summed E-state index contributed by atoms with van der Waals surface area (Å²) in [4.78, 5) is 16.4. The second kappa shape index (κ2) is 9.09. The van der Waals surface area contributed by atoms with Gasteiger partial charge in [-0.15, -0.1) is 12.4 Å². The maximum Gasteiger partial charge on any atom is 0.227 e. The van der Waals surface area contributed by atoms with E-state index >= 15 is 0 Å². The molecule has 1 saturated heterocycles. The van der Waals surface area contributed by atoms with E-state index in [1.165, 1.54) is 6.07 Å². The summed E-state index contributed by atoms with van der Waals surface area (Å²) >= 11 is 0. The number of halogens is 2. The number of hydrogen-bond donors (Lipinski definition) is 2. The SMILES string of the molecule is Cc1ccc(-c2noc(CCC(=O)NC3CCNCC3C)n2)cc1F.Cl. The monoisotopic (exact) mass is 382 g/mol. The average Bonchev–Trinajstić information content (AvgIpc) is 3.07. The maximum absolute atomic E-state index is 13.6. The van der Waals surface area contributed by atoms with Crippen LogP contribution in [0.1, 0.15) is 31.2 Å².